The molecule has 128 valence electrons. The maximum atomic E-state index is 14.0. The van der Waals surface area contributed by atoms with Crippen LogP contribution in [0, 0.1) is 17.7 Å². The molecule has 24 heavy (non-hydrogen) atoms. The zero-order chi connectivity index (χ0) is 17.3. The van der Waals surface area contributed by atoms with Crippen LogP contribution < -0.4 is 0 Å². The lowest BCUT2D eigenvalue weighted by atomic mass is 9.86. The van der Waals surface area contributed by atoms with Gasteiger partial charge >= 0.3 is 5.97 Å². The molecule has 1 aliphatic heterocycles. The quantitative estimate of drug-likeness (QED) is 0.868. The van der Waals surface area contributed by atoms with Crippen LogP contribution in [0.3, 0.4) is 0 Å². The Morgan fingerprint density at radius 2 is 1.96 bits per heavy atom. The van der Waals surface area contributed by atoms with Crippen LogP contribution in [-0.2, 0) is 16.1 Å². The Morgan fingerprint density at radius 3 is 2.58 bits per heavy atom. The fourth-order valence-electron chi connectivity index (χ4n) is 3.34. The first-order valence-corrected chi connectivity index (χ1v) is 8.44. The summed E-state index contributed by atoms with van der Waals surface area (Å²) in [6.07, 6.45) is 2.39. The van der Waals surface area contributed by atoms with Crippen LogP contribution >= 0.6 is 0 Å². The normalized spacial score (nSPS) is 21.1. The first kappa shape index (κ1) is 16.7. The van der Waals surface area contributed by atoms with E-state index in [1.807, 2.05) is 11.8 Å². The third kappa shape index (κ3) is 3.50. The van der Waals surface area contributed by atoms with Crippen molar-refractivity contribution < 1.29 is 19.1 Å². The van der Waals surface area contributed by atoms with Gasteiger partial charge in [-0.1, -0.05) is 25.1 Å². The van der Waals surface area contributed by atoms with Gasteiger partial charge in [-0.25, -0.2) is 4.39 Å². The van der Waals surface area contributed by atoms with Gasteiger partial charge in [-0.3, -0.25) is 9.59 Å². The zero-order valence-electron chi connectivity index (χ0n) is 13.8. The van der Waals surface area contributed by atoms with Crippen LogP contribution in [0.5, 0.6) is 0 Å². The summed E-state index contributed by atoms with van der Waals surface area (Å²) in [4.78, 5) is 25.9. The Kier molecular flexibility index (Phi) is 4.69. The molecular formula is C19H22FNO3. The third-order valence-electron chi connectivity index (χ3n) is 4.89. The van der Waals surface area contributed by atoms with Crippen molar-refractivity contribution in [2.24, 2.45) is 11.8 Å². The molecule has 1 heterocycles. The van der Waals surface area contributed by atoms with Crippen molar-refractivity contribution in [3.05, 3.63) is 46.9 Å². The topological polar surface area (TPSA) is 57.6 Å². The molecule has 1 unspecified atom stereocenters. The summed E-state index contributed by atoms with van der Waals surface area (Å²) in [5, 5.41) is 9.23. The van der Waals surface area contributed by atoms with Gasteiger partial charge in [0.25, 0.3) is 0 Å². The number of nitrogens with zero attached hydrogens (tertiary/aromatic N) is 1. The fraction of sp³-hybridized carbons (Fsp3) is 0.474. The summed E-state index contributed by atoms with van der Waals surface area (Å²) < 4.78 is 14.0. The van der Waals surface area contributed by atoms with Crippen molar-refractivity contribution in [1.29, 1.82) is 0 Å². The highest BCUT2D eigenvalue weighted by molar-refractivity contribution is 5.99. The molecule has 5 heteroatoms. The van der Waals surface area contributed by atoms with Gasteiger partial charge in [-0.15, -0.1) is 0 Å². The lowest BCUT2D eigenvalue weighted by Gasteiger charge is -2.36. The highest BCUT2D eigenvalue weighted by Crippen LogP contribution is 2.39. The Hall–Kier alpha value is -2.17. The average Bonchev–Trinajstić information content (AvgIpc) is 3.36. The van der Waals surface area contributed by atoms with E-state index < -0.39 is 5.97 Å². The number of rotatable bonds is 6. The van der Waals surface area contributed by atoms with Crippen LogP contribution in [0.15, 0.2) is 35.5 Å². The molecule has 1 aromatic rings. The second-order valence-corrected chi connectivity index (χ2v) is 6.79. The van der Waals surface area contributed by atoms with Gasteiger partial charge in [0.05, 0.1) is 12.1 Å². The van der Waals surface area contributed by atoms with E-state index in [2.05, 4.69) is 0 Å². The van der Waals surface area contributed by atoms with Gasteiger partial charge in [0.15, 0.2) is 5.78 Å². The minimum atomic E-state index is -0.925. The summed E-state index contributed by atoms with van der Waals surface area (Å²) in [6, 6.07) is 6.53. The highest BCUT2D eigenvalue weighted by atomic mass is 19.1. The molecule has 0 bridgehead atoms. The summed E-state index contributed by atoms with van der Waals surface area (Å²) in [5.74, 6) is -1.11. The monoisotopic (exact) mass is 331 g/mol. The molecule has 1 atom stereocenters. The van der Waals surface area contributed by atoms with Gasteiger partial charge in [0.1, 0.15) is 5.82 Å². The van der Waals surface area contributed by atoms with Crippen molar-refractivity contribution in [3.63, 3.8) is 0 Å². The number of allylic oxidation sites excluding steroid dienone is 1. The molecule has 0 radical (unpaired) electrons. The third-order valence-corrected chi connectivity index (χ3v) is 4.89. The maximum Gasteiger partial charge on any atom is 0.307 e. The van der Waals surface area contributed by atoms with E-state index in [9.17, 15) is 19.1 Å². The molecule has 4 nitrogen and oxygen atoms in total. The van der Waals surface area contributed by atoms with Crippen LogP contribution in [0.1, 0.15) is 38.2 Å². The Labute approximate surface area is 141 Å². The number of hydrogen-bond acceptors (Lipinski definition) is 3. The Morgan fingerprint density at radius 1 is 1.25 bits per heavy atom. The second-order valence-electron chi connectivity index (χ2n) is 6.79. The standard InChI is InChI=1S/C19H22FNO3/c1-12-8-9-21(11-14-4-2-3-5-16(14)20)18(15(12)10-17(22)23)19(24)13-6-7-13/h2-5,12-13H,6-11H2,1H3,(H,22,23). The first-order valence-electron chi connectivity index (χ1n) is 8.44. The number of carbonyl (C=O) groups is 2. The molecule has 3 rings (SSSR count). The number of benzene rings is 1. The lowest BCUT2D eigenvalue weighted by molar-refractivity contribution is -0.136. The van der Waals surface area contributed by atoms with Gasteiger partial charge in [0.2, 0.25) is 0 Å². The second kappa shape index (κ2) is 6.75. The van der Waals surface area contributed by atoms with Crippen molar-refractivity contribution in [3.8, 4) is 0 Å². The summed E-state index contributed by atoms with van der Waals surface area (Å²) in [5.41, 5.74) is 1.76. The molecule has 1 aromatic carbocycles. The molecule has 2 aliphatic rings. The Bertz CT molecular complexity index is 694. The number of carboxylic acids is 1. The summed E-state index contributed by atoms with van der Waals surface area (Å²) >= 11 is 0. The Balaban J connectivity index is 1.96. The number of ketones is 1. The van der Waals surface area contributed by atoms with Crippen molar-refractivity contribution >= 4 is 11.8 Å². The van der Waals surface area contributed by atoms with E-state index in [0.717, 1.165) is 19.3 Å². The maximum absolute atomic E-state index is 14.0. The smallest absolute Gasteiger partial charge is 0.307 e. The van der Waals surface area contributed by atoms with Crippen molar-refractivity contribution in [2.75, 3.05) is 6.54 Å². The number of carbonyl (C=O) groups excluding carboxylic acids is 1. The van der Waals surface area contributed by atoms with Gasteiger partial charge < -0.3 is 10.0 Å². The summed E-state index contributed by atoms with van der Waals surface area (Å²) in [7, 11) is 0. The molecule has 0 aromatic heterocycles. The molecule has 0 amide bonds. The number of carboxylic acid groups (broad SMARTS) is 1. The van der Waals surface area contributed by atoms with Gasteiger partial charge in [-0.2, -0.15) is 0 Å². The van der Waals surface area contributed by atoms with Crippen LogP contribution in [-0.4, -0.2) is 28.3 Å². The molecule has 1 aliphatic carbocycles. The first-order chi connectivity index (χ1) is 11.5. The van der Waals surface area contributed by atoms with E-state index in [4.69, 9.17) is 0 Å². The number of Topliss-reactive ketones (excluding diaryl/α,β-unsaturated/α-hetero) is 1. The average molecular weight is 331 g/mol. The molecule has 1 saturated carbocycles. The van der Waals surface area contributed by atoms with Crippen molar-refractivity contribution in [2.45, 2.75) is 39.2 Å². The number of aliphatic carboxylic acids is 1. The van der Waals surface area contributed by atoms with Crippen LogP contribution in [0.25, 0.3) is 0 Å². The predicted octanol–water partition coefficient (Wildman–Crippen LogP) is 3.38. The largest absolute Gasteiger partial charge is 0.481 e. The van der Waals surface area contributed by atoms with Crippen molar-refractivity contribution in [1.82, 2.24) is 4.90 Å². The lowest BCUT2D eigenvalue weighted by Crippen LogP contribution is -2.36. The molecule has 0 spiro atoms. The van der Waals surface area contributed by atoms with E-state index in [-0.39, 0.29) is 29.9 Å². The molecular weight excluding hydrogens is 309 g/mol. The van der Waals surface area contributed by atoms with Crippen LogP contribution in [0.4, 0.5) is 4.39 Å². The summed E-state index contributed by atoms with van der Waals surface area (Å²) in [6.45, 7) is 2.92. The number of halogens is 1. The van der Waals surface area contributed by atoms with Gasteiger partial charge in [-0.05, 0) is 36.8 Å². The molecule has 1 fully saturated rings. The van der Waals surface area contributed by atoms with Gasteiger partial charge in [0, 0.05) is 24.6 Å². The van der Waals surface area contributed by atoms with Crippen LogP contribution in [0.2, 0.25) is 0 Å². The molecule has 1 N–H and O–H groups in total. The minimum Gasteiger partial charge on any atom is -0.481 e. The van der Waals surface area contributed by atoms with E-state index in [1.54, 1.807) is 18.2 Å². The fourth-order valence-corrected chi connectivity index (χ4v) is 3.34. The predicted molar refractivity (Wildman–Crippen MR) is 87.6 cm³/mol. The SMILES string of the molecule is CC1CCN(Cc2ccccc2F)C(C(=O)C2CC2)=C1CC(=O)O. The molecule has 0 saturated heterocycles. The zero-order valence-corrected chi connectivity index (χ0v) is 13.8. The van der Waals surface area contributed by atoms with E-state index in [1.165, 1.54) is 6.07 Å². The van der Waals surface area contributed by atoms with E-state index >= 15 is 0 Å². The highest BCUT2D eigenvalue weighted by Gasteiger charge is 2.38. The minimum absolute atomic E-state index is 0.0113. The number of hydrogen-bond donors (Lipinski definition) is 1. The van der Waals surface area contributed by atoms with E-state index in [0.29, 0.717) is 29.9 Å².